The Morgan fingerprint density at radius 2 is 1.95 bits per heavy atom. The van der Waals surface area contributed by atoms with Crippen LogP contribution in [-0.4, -0.2) is 23.1 Å². The third kappa shape index (κ3) is 4.43. The lowest BCUT2D eigenvalue weighted by Gasteiger charge is -2.20. The smallest absolute Gasteiger partial charge is 0.138 e. The molecule has 4 nitrogen and oxygen atoms in total. The molecule has 0 amide bonds. The van der Waals surface area contributed by atoms with Gasteiger partial charge in [0.2, 0.25) is 0 Å². The first-order valence-electron chi connectivity index (χ1n) is 7.23. The first-order valence-corrected chi connectivity index (χ1v) is 8.17. The Morgan fingerprint density at radius 3 is 2.52 bits per heavy atom. The Balaban J connectivity index is 2.15. The van der Waals surface area contributed by atoms with Gasteiger partial charge in [0.1, 0.15) is 17.5 Å². The molecule has 0 aliphatic rings. The topological polar surface area (TPSA) is 49.8 Å². The highest BCUT2D eigenvalue weighted by atomic mass is 32.1. The van der Waals surface area contributed by atoms with Crippen LogP contribution in [0.1, 0.15) is 39.1 Å². The fourth-order valence-electron chi connectivity index (χ4n) is 2.05. The highest BCUT2D eigenvalue weighted by Crippen LogP contribution is 2.22. The van der Waals surface area contributed by atoms with Gasteiger partial charge in [-0.25, -0.2) is 9.97 Å². The van der Waals surface area contributed by atoms with Crippen LogP contribution in [0.15, 0.2) is 22.9 Å². The van der Waals surface area contributed by atoms with Crippen molar-refractivity contribution in [2.24, 2.45) is 0 Å². The largest absolute Gasteiger partial charge is 0.373 e. The summed E-state index contributed by atoms with van der Waals surface area (Å²) in [5.74, 6) is 2.57. The van der Waals surface area contributed by atoms with Gasteiger partial charge in [0.15, 0.2) is 0 Å². The average Bonchev–Trinajstić information content (AvgIpc) is 2.89. The summed E-state index contributed by atoms with van der Waals surface area (Å²) in [6.45, 7) is 8.55. The molecule has 2 aromatic rings. The molecule has 0 fully saturated rings. The fraction of sp³-hybridized carbons (Fsp3) is 0.500. The van der Waals surface area contributed by atoms with Crippen molar-refractivity contribution in [3.05, 3.63) is 34.3 Å². The van der Waals surface area contributed by atoms with E-state index in [2.05, 4.69) is 65.1 Å². The van der Waals surface area contributed by atoms with Crippen LogP contribution >= 0.6 is 11.3 Å². The zero-order valence-corrected chi connectivity index (χ0v) is 14.2. The van der Waals surface area contributed by atoms with Gasteiger partial charge in [0.25, 0.3) is 0 Å². The average molecular weight is 304 g/mol. The number of hydrogen-bond donors (Lipinski definition) is 2. The van der Waals surface area contributed by atoms with E-state index in [4.69, 9.17) is 0 Å². The first kappa shape index (κ1) is 15.8. The van der Waals surface area contributed by atoms with E-state index in [1.807, 2.05) is 13.1 Å². The molecule has 114 valence electrons. The maximum Gasteiger partial charge on any atom is 0.138 e. The molecular weight excluding hydrogens is 280 g/mol. The van der Waals surface area contributed by atoms with Gasteiger partial charge in [-0.3, -0.25) is 0 Å². The van der Waals surface area contributed by atoms with Crippen LogP contribution in [-0.2, 0) is 11.8 Å². The van der Waals surface area contributed by atoms with Crippen LogP contribution in [0.2, 0.25) is 0 Å². The first-order chi connectivity index (χ1) is 9.88. The minimum absolute atomic E-state index is 0.0696. The van der Waals surface area contributed by atoms with Crippen molar-refractivity contribution in [3.8, 4) is 0 Å². The van der Waals surface area contributed by atoms with Gasteiger partial charge in [0, 0.05) is 24.6 Å². The lowest BCUT2D eigenvalue weighted by atomic mass is 9.96. The summed E-state index contributed by atoms with van der Waals surface area (Å²) < 4.78 is 0. The van der Waals surface area contributed by atoms with Gasteiger partial charge in [-0.15, -0.1) is 0 Å². The number of anilines is 2. The molecule has 1 unspecified atom stereocenters. The summed E-state index contributed by atoms with van der Waals surface area (Å²) in [5.41, 5.74) is 1.29. The lowest BCUT2D eigenvalue weighted by Crippen LogP contribution is -2.22. The maximum atomic E-state index is 4.66. The van der Waals surface area contributed by atoms with Gasteiger partial charge in [-0.2, -0.15) is 11.3 Å². The summed E-state index contributed by atoms with van der Waals surface area (Å²) in [6.07, 6.45) is 0.993. The molecule has 0 aliphatic carbocycles. The third-order valence-corrected chi connectivity index (χ3v) is 3.90. The van der Waals surface area contributed by atoms with E-state index in [0.717, 1.165) is 23.9 Å². The van der Waals surface area contributed by atoms with Crippen LogP contribution in [0.25, 0.3) is 0 Å². The molecule has 0 saturated heterocycles. The van der Waals surface area contributed by atoms with E-state index in [9.17, 15) is 0 Å². The Bertz CT molecular complexity index is 572. The predicted molar refractivity (Wildman–Crippen MR) is 91.4 cm³/mol. The fourth-order valence-corrected chi connectivity index (χ4v) is 2.73. The maximum absolute atomic E-state index is 4.66. The molecule has 1 atom stereocenters. The van der Waals surface area contributed by atoms with Gasteiger partial charge < -0.3 is 10.6 Å². The second-order valence-electron chi connectivity index (χ2n) is 6.34. The summed E-state index contributed by atoms with van der Waals surface area (Å²) in [6, 6.07) is 4.45. The molecule has 5 heteroatoms. The van der Waals surface area contributed by atoms with Crippen molar-refractivity contribution in [3.63, 3.8) is 0 Å². The Hall–Kier alpha value is -1.62. The normalized spacial score (nSPS) is 13.0. The Labute approximate surface area is 131 Å². The van der Waals surface area contributed by atoms with E-state index in [-0.39, 0.29) is 5.41 Å². The van der Waals surface area contributed by atoms with Crippen molar-refractivity contribution < 1.29 is 0 Å². The zero-order chi connectivity index (χ0) is 15.5. The highest BCUT2D eigenvalue weighted by Gasteiger charge is 2.19. The molecule has 0 spiro atoms. The summed E-state index contributed by atoms with van der Waals surface area (Å²) in [7, 11) is 1.88. The van der Waals surface area contributed by atoms with Crippen LogP contribution in [0.4, 0.5) is 11.6 Å². The summed E-state index contributed by atoms with van der Waals surface area (Å²) in [4.78, 5) is 9.21. The summed E-state index contributed by atoms with van der Waals surface area (Å²) >= 11 is 1.74. The molecule has 2 heterocycles. The summed E-state index contributed by atoms with van der Waals surface area (Å²) in [5, 5.41) is 10.9. The molecule has 0 radical (unpaired) electrons. The van der Waals surface area contributed by atoms with Crippen molar-refractivity contribution in [2.75, 3.05) is 17.7 Å². The molecule has 0 aliphatic heterocycles. The van der Waals surface area contributed by atoms with Crippen LogP contribution in [0, 0.1) is 0 Å². The number of hydrogen-bond acceptors (Lipinski definition) is 5. The molecule has 0 aromatic carbocycles. The van der Waals surface area contributed by atoms with E-state index in [1.54, 1.807) is 11.3 Å². The molecular formula is C16H24N4S. The van der Waals surface area contributed by atoms with Crippen LogP contribution in [0.3, 0.4) is 0 Å². The minimum Gasteiger partial charge on any atom is -0.373 e. The number of aromatic nitrogens is 2. The predicted octanol–water partition coefficient (Wildman–Crippen LogP) is 3.92. The third-order valence-electron chi connectivity index (χ3n) is 3.17. The number of thiophene rings is 1. The molecule has 2 aromatic heterocycles. The molecule has 21 heavy (non-hydrogen) atoms. The second kappa shape index (κ2) is 6.43. The lowest BCUT2D eigenvalue weighted by molar-refractivity contribution is 0.546. The monoisotopic (exact) mass is 304 g/mol. The van der Waals surface area contributed by atoms with Crippen molar-refractivity contribution in [1.29, 1.82) is 0 Å². The Kier molecular flexibility index (Phi) is 4.83. The van der Waals surface area contributed by atoms with E-state index < -0.39 is 0 Å². The van der Waals surface area contributed by atoms with Crippen molar-refractivity contribution >= 4 is 23.0 Å². The van der Waals surface area contributed by atoms with Gasteiger partial charge >= 0.3 is 0 Å². The molecule has 2 N–H and O–H groups in total. The zero-order valence-electron chi connectivity index (χ0n) is 13.4. The SMILES string of the molecule is CNc1cc(NC(C)Cc2ccsc2)nc(C(C)(C)C)n1. The van der Waals surface area contributed by atoms with Crippen molar-refractivity contribution in [2.45, 2.75) is 45.6 Å². The van der Waals surface area contributed by atoms with Crippen LogP contribution < -0.4 is 10.6 Å². The van der Waals surface area contributed by atoms with Gasteiger partial charge in [-0.1, -0.05) is 20.8 Å². The standard InChI is InChI=1S/C16H24N4S/c1-11(8-12-6-7-21-10-12)18-14-9-13(17-5)19-15(20-14)16(2,3)4/h6-7,9-11H,8H2,1-5H3,(H2,17,18,19,20). The van der Waals surface area contributed by atoms with Crippen molar-refractivity contribution in [1.82, 2.24) is 9.97 Å². The molecule has 2 rings (SSSR count). The number of rotatable bonds is 5. The second-order valence-corrected chi connectivity index (χ2v) is 7.12. The molecule has 0 saturated carbocycles. The highest BCUT2D eigenvalue weighted by molar-refractivity contribution is 7.07. The Morgan fingerprint density at radius 1 is 1.24 bits per heavy atom. The number of nitrogens with one attached hydrogen (secondary N) is 2. The molecule has 0 bridgehead atoms. The van der Waals surface area contributed by atoms with Gasteiger partial charge in [-0.05, 0) is 35.7 Å². The van der Waals surface area contributed by atoms with E-state index in [0.29, 0.717) is 6.04 Å². The van der Waals surface area contributed by atoms with Gasteiger partial charge in [0.05, 0.1) is 0 Å². The quantitative estimate of drug-likeness (QED) is 0.879. The number of nitrogens with zero attached hydrogens (tertiary/aromatic N) is 2. The van der Waals surface area contributed by atoms with Crippen LogP contribution in [0.5, 0.6) is 0 Å². The van der Waals surface area contributed by atoms with E-state index >= 15 is 0 Å². The van der Waals surface area contributed by atoms with E-state index in [1.165, 1.54) is 5.56 Å². The minimum atomic E-state index is -0.0696.